The van der Waals surface area contributed by atoms with Crippen molar-refractivity contribution >= 4 is 11.9 Å². The smallest absolute Gasteiger partial charge is 0.373 e. The second-order valence-corrected chi connectivity index (χ2v) is 3.15. The number of carboxylic acid groups (broad SMARTS) is 1. The predicted octanol–water partition coefficient (Wildman–Crippen LogP) is 2.05. The molecule has 0 spiro atoms. The summed E-state index contributed by atoms with van der Waals surface area (Å²) >= 11 is 0. The number of rotatable bonds is 6. The molecule has 0 aliphatic carbocycles. The second kappa shape index (κ2) is 6.44. The Kier molecular flexibility index (Phi) is 4.90. The SMILES string of the molecule is C=CCCOOC(=O)c1ccc(C(=O)O)cc1. The zero-order chi connectivity index (χ0) is 12.7. The highest BCUT2D eigenvalue weighted by Crippen LogP contribution is 2.06. The van der Waals surface area contributed by atoms with E-state index in [9.17, 15) is 9.59 Å². The van der Waals surface area contributed by atoms with Crippen molar-refractivity contribution < 1.29 is 24.5 Å². The van der Waals surface area contributed by atoms with Crippen LogP contribution in [0.15, 0.2) is 36.9 Å². The number of carboxylic acids is 1. The number of benzene rings is 1. The Morgan fingerprint density at radius 2 is 1.82 bits per heavy atom. The van der Waals surface area contributed by atoms with Crippen LogP contribution in [-0.2, 0) is 9.78 Å². The fourth-order valence-corrected chi connectivity index (χ4v) is 1.02. The highest BCUT2D eigenvalue weighted by atomic mass is 17.2. The van der Waals surface area contributed by atoms with E-state index in [0.29, 0.717) is 6.42 Å². The molecule has 0 heterocycles. The zero-order valence-electron chi connectivity index (χ0n) is 9.09. The molecule has 1 aromatic rings. The van der Waals surface area contributed by atoms with E-state index in [1.807, 2.05) is 0 Å². The van der Waals surface area contributed by atoms with E-state index in [-0.39, 0.29) is 17.7 Å². The van der Waals surface area contributed by atoms with E-state index < -0.39 is 11.9 Å². The second-order valence-electron chi connectivity index (χ2n) is 3.15. The minimum atomic E-state index is -1.05. The van der Waals surface area contributed by atoms with Crippen LogP contribution in [0.1, 0.15) is 27.1 Å². The van der Waals surface area contributed by atoms with Gasteiger partial charge in [0.2, 0.25) is 0 Å². The summed E-state index contributed by atoms with van der Waals surface area (Å²) in [5.74, 6) is -1.71. The highest BCUT2D eigenvalue weighted by Gasteiger charge is 2.09. The third-order valence-electron chi connectivity index (χ3n) is 1.91. The van der Waals surface area contributed by atoms with Crippen LogP contribution in [0.3, 0.4) is 0 Å². The average molecular weight is 236 g/mol. The van der Waals surface area contributed by atoms with Gasteiger partial charge in [0, 0.05) is 0 Å². The molecule has 0 fully saturated rings. The lowest BCUT2D eigenvalue weighted by atomic mass is 10.1. The van der Waals surface area contributed by atoms with Crippen molar-refractivity contribution in [2.45, 2.75) is 6.42 Å². The summed E-state index contributed by atoms with van der Waals surface area (Å²) in [6, 6.07) is 5.37. The van der Waals surface area contributed by atoms with Crippen LogP contribution in [0.5, 0.6) is 0 Å². The van der Waals surface area contributed by atoms with Crippen LogP contribution >= 0.6 is 0 Å². The molecule has 1 N–H and O–H groups in total. The summed E-state index contributed by atoms with van der Waals surface area (Å²) in [4.78, 5) is 31.1. The Hall–Kier alpha value is -2.14. The van der Waals surface area contributed by atoms with Crippen molar-refractivity contribution in [3.05, 3.63) is 48.0 Å². The van der Waals surface area contributed by atoms with Crippen LogP contribution < -0.4 is 0 Å². The first-order chi connectivity index (χ1) is 8.15. The van der Waals surface area contributed by atoms with Crippen molar-refractivity contribution in [3.63, 3.8) is 0 Å². The molecule has 1 rings (SSSR count). The molecule has 0 aliphatic rings. The van der Waals surface area contributed by atoms with Crippen LogP contribution in [-0.4, -0.2) is 23.7 Å². The van der Waals surface area contributed by atoms with Gasteiger partial charge < -0.3 is 5.11 Å². The summed E-state index contributed by atoms with van der Waals surface area (Å²) in [5, 5.41) is 8.66. The van der Waals surface area contributed by atoms with Crippen molar-refractivity contribution in [3.8, 4) is 0 Å². The molecule has 0 atom stereocenters. The molecule has 1 aromatic carbocycles. The van der Waals surface area contributed by atoms with Gasteiger partial charge in [0.15, 0.2) is 0 Å². The standard InChI is InChI=1S/C12H12O5/c1-2-3-8-16-17-12(15)10-6-4-9(5-7-10)11(13)14/h2,4-7H,1,3,8H2,(H,13,14). The van der Waals surface area contributed by atoms with E-state index in [2.05, 4.69) is 16.4 Å². The lowest BCUT2D eigenvalue weighted by Crippen LogP contribution is -2.07. The molecule has 5 nitrogen and oxygen atoms in total. The van der Waals surface area contributed by atoms with Gasteiger partial charge in [-0.2, -0.15) is 4.89 Å². The van der Waals surface area contributed by atoms with Gasteiger partial charge in [0.05, 0.1) is 17.7 Å². The van der Waals surface area contributed by atoms with E-state index in [0.717, 1.165) is 0 Å². The molecule has 0 aromatic heterocycles. The third-order valence-corrected chi connectivity index (χ3v) is 1.91. The number of hydrogen-bond acceptors (Lipinski definition) is 4. The topological polar surface area (TPSA) is 72.8 Å². The first-order valence-corrected chi connectivity index (χ1v) is 4.93. The normalized spacial score (nSPS) is 9.65. The molecule has 0 bridgehead atoms. The van der Waals surface area contributed by atoms with Crippen LogP contribution in [0, 0.1) is 0 Å². The first-order valence-electron chi connectivity index (χ1n) is 4.93. The summed E-state index contributed by atoms with van der Waals surface area (Å²) in [5.41, 5.74) is 0.336. The maximum Gasteiger partial charge on any atom is 0.373 e. The largest absolute Gasteiger partial charge is 0.478 e. The number of carbonyl (C=O) groups excluding carboxylic acids is 1. The van der Waals surface area contributed by atoms with Crippen molar-refractivity contribution in [1.29, 1.82) is 0 Å². The van der Waals surface area contributed by atoms with Crippen LogP contribution in [0.4, 0.5) is 0 Å². The molecule has 17 heavy (non-hydrogen) atoms. The summed E-state index contributed by atoms with van der Waals surface area (Å²) < 4.78 is 0. The van der Waals surface area contributed by atoms with Gasteiger partial charge in [0.1, 0.15) is 0 Å². The van der Waals surface area contributed by atoms with E-state index >= 15 is 0 Å². The Morgan fingerprint density at radius 1 is 1.24 bits per heavy atom. The van der Waals surface area contributed by atoms with Crippen molar-refractivity contribution in [2.24, 2.45) is 0 Å². The fourth-order valence-electron chi connectivity index (χ4n) is 1.02. The molecule has 0 saturated heterocycles. The Balaban J connectivity index is 2.51. The van der Waals surface area contributed by atoms with Gasteiger partial charge in [-0.05, 0) is 30.7 Å². The monoisotopic (exact) mass is 236 g/mol. The molecule has 0 saturated carbocycles. The van der Waals surface area contributed by atoms with Gasteiger partial charge in [-0.15, -0.1) is 6.58 Å². The van der Waals surface area contributed by atoms with E-state index in [1.54, 1.807) is 6.08 Å². The average Bonchev–Trinajstić information content (AvgIpc) is 2.34. The molecular formula is C12H12O5. The Bertz CT molecular complexity index is 407. The minimum Gasteiger partial charge on any atom is -0.478 e. The number of hydrogen-bond donors (Lipinski definition) is 1. The van der Waals surface area contributed by atoms with E-state index in [1.165, 1.54) is 24.3 Å². The summed E-state index contributed by atoms with van der Waals surface area (Å²) in [6.45, 7) is 3.72. The predicted molar refractivity (Wildman–Crippen MR) is 59.6 cm³/mol. The van der Waals surface area contributed by atoms with Gasteiger partial charge >= 0.3 is 11.9 Å². The molecule has 5 heteroatoms. The van der Waals surface area contributed by atoms with Crippen LogP contribution in [0.25, 0.3) is 0 Å². The van der Waals surface area contributed by atoms with Gasteiger partial charge in [-0.3, -0.25) is 4.89 Å². The maximum absolute atomic E-state index is 11.4. The zero-order valence-corrected chi connectivity index (χ0v) is 9.09. The third kappa shape index (κ3) is 4.08. The summed E-state index contributed by atoms with van der Waals surface area (Å²) in [6.07, 6.45) is 2.21. The molecule has 0 aliphatic heterocycles. The Labute approximate surface area is 98.2 Å². The van der Waals surface area contributed by atoms with Crippen molar-refractivity contribution in [2.75, 3.05) is 6.61 Å². The first kappa shape index (κ1) is 12.9. The minimum absolute atomic E-state index is 0.106. The maximum atomic E-state index is 11.4. The Morgan fingerprint density at radius 3 is 2.35 bits per heavy atom. The number of aromatic carboxylic acids is 1. The lowest BCUT2D eigenvalue weighted by Gasteiger charge is -2.02. The molecule has 0 amide bonds. The number of carbonyl (C=O) groups is 2. The van der Waals surface area contributed by atoms with Gasteiger partial charge in [-0.1, -0.05) is 6.08 Å². The highest BCUT2D eigenvalue weighted by molar-refractivity contribution is 5.92. The molecular weight excluding hydrogens is 224 g/mol. The van der Waals surface area contributed by atoms with Gasteiger partial charge in [0.25, 0.3) is 0 Å². The van der Waals surface area contributed by atoms with Gasteiger partial charge in [-0.25, -0.2) is 9.59 Å². The summed E-state index contributed by atoms with van der Waals surface area (Å²) in [7, 11) is 0. The van der Waals surface area contributed by atoms with Crippen molar-refractivity contribution in [1.82, 2.24) is 0 Å². The lowest BCUT2D eigenvalue weighted by molar-refractivity contribution is -0.239. The molecule has 0 radical (unpaired) electrons. The van der Waals surface area contributed by atoms with Crippen LogP contribution in [0.2, 0.25) is 0 Å². The van der Waals surface area contributed by atoms with E-state index in [4.69, 9.17) is 5.11 Å². The molecule has 0 unspecified atom stereocenters. The molecule has 90 valence electrons. The quantitative estimate of drug-likeness (QED) is 0.354. The fraction of sp³-hybridized carbons (Fsp3) is 0.167.